The van der Waals surface area contributed by atoms with Crippen LogP contribution < -0.4 is 0 Å². The first kappa shape index (κ1) is 12.1. The molecular formula is C13H17BrFN. The number of rotatable bonds is 4. The van der Waals surface area contributed by atoms with Crippen LogP contribution in [0.25, 0.3) is 0 Å². The van der Waals surface area contributed by atoms with Gasteiger partial charge in [-0.25, -0.2) is 4.39 Å². The van der Waals surface area contributed by atoms with Crippen molar-refractivity contribution >= 4 is 15.9 Å². The third-order valence-electron chi connectivity index (χ3n) is 3.15. The standard InChI is InChI=1S/C13H17BrFN/c1-16(8-10-6-12(14)7-10)9-11-4-2-3-5-13(11)15/h2-5,10,12H,6-9H2,1H3. The van der Waals surface area contributed by atoms with Gasteiger partial charge in [-0.15, -0.1) is 0 Å². The Hall–Kier alpha value is -0.410. The molecule has 0 atom stereocenters. The van der Waals surface area contributed by atoms with Crippen LogP contribution >= 0.6 is 15.9 Å². The van der Waals surface area contributed by atoms with Gasteiger partial charge >= 0.3 is 0 Å². The van der Waals surface area contributed by atoms with E-state index in [1.165, 1.54) is 18.9 Å². The molecule has 1 aromatic rings. The summed E-state index contributed by atoms with van der Waals surface area (Å²) in [5, 5.41) is 0. The molecule has 3 heteroatoms. The molecule has 2 rings (SSSR count). The molecule has 0 saturated heterocycles. The molecule has 88 valence electrons. The molecule has 1 nitrogen and oxygen atoms in total. The summed E-state index contributed by atoms with van der Waals surface area (Å²) in [6, 6.07) is 7.02. The molecule has 1 aliphatic rings. The summed E-state index contributed by atoms with van der Waals surface area (Å²) in [4.78, 5) is 2.92. The quantitative estimate of drug-likeness (QED) is 0.766. The first-order chi connectivity index (χ1) is 7.65. The van der Waals surface area contributed by atoms with Crippen molar-refractivity contribution in [2.45, 2.75) is 24.2 Å². The third-order valence-corrected chi connectivity index (χ3v) is 3.89. The lowest BCUT2D eigenvalue weighted by Crippen LogP contribution is -2.34. The smallest absolute Gasteiger partial charge is 0.127 e. The first-order valence-electron chi connectivity index (χ1n) is 5.71. The van der Waals surface area contributed by atoms with E-state index in [1.54, 1.807) is 6.07 Å². The van der Waals surface area contributed by atoms with Crippen molar-refractivity contribution in [3.05, 3.63) is 35.6 Å². The highest BCUT2D eigenvalue weighted by Crippen LogP contribution is 2.33. The maximum Gasteiger partial charge on any atom is 0.127 e. The number of alkyl halides is 1. The molecule has 1 fully saturated rings. The van der Waals surface area contributed by atoms with E-state index >= 15 is 0 Å². The van der Waals surface area contributed by atoms with Crippen LogP contribution in [0.1, 0.15) is 18.4 Å². The molecule has 0 heterocycles. The second-order valence-electron chi connectivity index (χ2n) is 4.72. The number of hydrogen-bond donors (Lipinski definition) is 0. The molecule has 0 aliphatic heterocycles. The summed E-state index contributed by atoms with van der Waals surface area (Å²) in [6.07, 6.45) is 2.50. The zero-order valence-electron chi connectivity index (χ0n) is 9.50. The maximum absolute atomic E-state index is 13.4. The lowest BCUT2D eigenvalue weighted by Gasteiger charge is -2.34. The van der Waals surface area contributed by atoms with Crippen molar-refractivity contribution in [3.8, 4) is 0 Å². The molecule has 0 bridgehead atoms. The van der Waals surface area contributed by atoms with Crippen LogP contribution in [0.15, 0.2) is 24.3 Å². The predicted octanol–water partition coefficient (Wildman–Crippen LogP) is 3.43. The van der Waals surface area contributed by atoms with Gasteiger partial charge in [0.05, 0.1) is 0 Å². The van der Waals surface area contributed by atoms with Crippen LogP contribution in [0, 0.1) is 11.7 Å². The minimum absolute atomic E-state index is 0.0960. The number of halogens is 2. The Morgan fingerprint density at radius 2 is 2.06 bits per heavy atom. The van der Waals surface area contributed by atoms with Crippen molar-refractivity contribution in [1.29, 1.82) is 0 Å². The van der Waals surface area contributed by atoms with E-state index in [4.69, 9.17) is 0 Å². The van der Waals surface area contributed by atoms with Crippen molar-refractivity contribution in [1.82, 2.24) is 4.90 Å². The Morgan fingerprint density at radius 1 is 1.38 bits per heavy atom. The summed E-state index contributed by atoms with van der Waals surface area (Å²) in [7, 11) is 2.06. The van der Waals surface area contributed by atoms with Crippen LogP contribution in [0.5, 0.6) is 0 Å². The van der Waals surface area contributed by atoms with E-state index in [1.807, 2.05) is 12.1 Å². The van der Waals surface area contributed by atoms with E-state index in [9.17, 15) is 4.39 Å². The Labute approximate surface area is 105 Å². The van der Waals surface area contributed by atoms with Crippen molar-refractivity contribution < 1.29 is 4.39 Å². The van der Waals surface area contributed by atoms with Gasteiger partial charge in [0.15, 0.2) is 0 Å². The monoisotopic (exact) mass is 285 g/mol. The predicted molar refractivity (Wildman–Crippen MR) is 68.2 cm³/mol. The Balaban J connectivity index is 1.83. The van der Waals surface area contributed by atoms with E-state index in [0.29, 0.717) is 11.4 Å². The zero-order chi connectivity index (χ0) is 11.5. The van der Waals surface area contributed by atoms with Gasteiger partial charge in [0.25, 0.3) is 0 Å². The molecule has 1 aliphatic carbocycles. The van der Waals surface area contributed by atoms with Gasteiger partial charge in [-0.3, -0.25) is 0 Å². The van der Waals surface area contributed by atoms with Crippen LogP contribution in [0.3, 0.4) is 0 Å². The van der Waals surface area contributed by atoms with Crippen LogP contribution in [-0.2, 0) is 6.54 Å². The molecule has 16 heavy (non-hydrogen) atoms. The van der Waals surface area contributed by atoms with Gasteiger partial charge in [0.2, 0.25) is 0 Å². The second-order valence-corrected chi connectivity index (χ2v) is 6.02. The van der Waals surface area contributed by atoms with Crippen molar-refractivity contribution in [3.63, 3.8) is 0 Å². The summed E-state index contributed by atoms with van der Waals surface area (Å²) < 4.78 is 13.4. The number of hydrogen-bond acceptors (Lipinski definition) is 1. The van der Waals surface area contributed by atoms with Crippen LogP contribution in [0.2, 0.25) is 0 Å². The fraction of sp³-hybridized carbons (Fsp3) is 0.538. The highest BCUT2D eigenvalue weighted by molar-refractivity contribution is 9.09. The van der Waals surface area contributed by atoms with Gasteiger partial charge < -0.3 is 4.90 Å². The summed E-state index contributed by atoms with van der Waals surface area (Å²) in [5.41, 5.74) is 0.791. The zero-order valence-corrected chi connectivity index (χ0v) is 11.1. The molecule has 0 spiro atoms. The Morgan fingerprint density at radius 3 is 2.69 bits per heavy atom. The maximum atomic E-state index is 13.4. The lowest BCUT2D eigenvalue weighted by molar-refractivity contribution is 0.206. The Kier molecular flexibility index (Phi) is 3.98. The van der Waals surface area contributed by atoms with E-state index < -0.39 is 0 Å². The average Bonchev–Trinajstić information content (AvgIpc) is 2.19. The molecule has 1 aromatic carbocycles. The van der Waals surface area contributed by atoms with Gasteiger partial charge in [-0.2, -0.15) is 0 Å². The van der Waals surface area contributed by atoms with E-state index in [0.717, 1.165) is 18.0 Å². The summed E-state index contributed by atoms with van der Waals surface area (Å²) in [5.74, 6) is 0.683. The molecule has 0 unspecified atom stereocenters. The molecule has 0 radical (unpaired) electrons. The van der Waals surface area contributed by atoms with E-state index in [-0.39, 0.29) is 5.82 Å². The molecular weight excluding hydrogens is 269 g/mol. The van der Waals surface area contributed by atoms with Crippen LogP contribution in [0.4, 0.5) is 4.39 Å². The third kappa shape index (κ3) is 3.05. The summed E-state index contributed by atoms with van der Waals surface area (Å²) >= 11 is 3.59. The minimum atomic E-state index is -0.0960. The summed E-state index contributed by atoms with van der Waals surface area (Å²) in [6.45, 7) is 1.77. The largest absolute Gasteiger partial charge is 0.302 e. The van der Waals surface area contributed by atoms with Gasteiger partial charge in [-0.1, -0.05) is 34.1 Å². The van der Waals surface area contributed by atoms with E-state index in [2.05, 4.69) is 27.9 Å². The number of nitrogens with zero attached hydrogens (tertiary/aromatic N) is 1. The fourth-order valence-electron chi connectivity index (χ4n) is 2.23. The SMILES string of the molecule is CN(Cc1ccccc1F)CC1CC(Br)C1. The fourth-order valence-corrected chi connectivity index (χ4v) is 3.28. The average molecular weight is 286 g/mol. The lowest BCUT2D eigenvalue weighted by atomic mass is 9.85. The highest BCUT2D eigenvalue weighted by atomic mass is 79.9. The Bertz CT molecular complexity index is 350. The van der Waals surface area contributed by atoms with Crippen molar-refractivity contribution in [2.75, 3.05) is 13.6 Å². The van der Waals surface area contributed by atoms with Gasteiger partial charge in [0.1, 0.15) is 5.82 Å². The van der Waals surface area contributed by atoms with Crippen LogP contribution in [-0.4, -0.2) is 23.3 Å². The first-order valence-corrected chi connectivity index (χ1v) is 6.62. The van der Waals surface area contributed by atoms with Crippen molar-refractivity contribution in [2.24, 2.45) is 5.92 Å². The normalized spacial score (nSPS) is 24.5. The topological polar surface area (TPSA) is 3.24 Å². The highest BCUT2D eigenvalue weighted by Gasteiger charge is 2.27. The molecule has 1 saturated carbocycles. The minimum Gasteiger partial charge on any atom is -0.302 e. The molecule has 0 aromatic heterocycles. The van der Waals surface area contributed by atoms with Gasteiger partial charge in [-0.05, 0) is 31.9 Å². The number of benzene rings is 1. The van der Waals surface area contributed by atoms with Gasteiger partial charge in [0, 0.05) is 23.5 Å². The molecule has 0 amide bonds. The second kappa shape index (κ2) is 5.28. The molecule has 0 N–H and O–H groups in total.